The molecule has 0 unspecified atom stereocenters. The number of benzene rings is 2. The number of pyridine rings is 1. The number of nitrogens with zero attached hydrogens (tertiary/aromatic N) is 1. The van der Waals surface area contributed by atoms with Crippen molar-refractivity contribution < 1.29 is 14.3 Å². The van der Waals surface area contributed by atoms with Crippen molar-refractivity contribution >= 4 is 22.7 Å². The Hall–Kier alpha value is -3.01. The monoisotopic (exact) mass is 305 g/mol. The van der Waals surface area contributed by atoms with Crippen molar-refractivity contribution in [3.8, 4) is 0 Å². The third-order valence-corrected chi connectivity index (χ3v) is 3.64. The number of aromatic nitrogens is 1. The first-order chi connectivity index (χ1) is 11.1. The van der Waals surface area contributed by atoms with E-state index in [2.05, 4.69) is 4.98 Å². The zero-order valence-electron chi connectivity index (χ0n) is 12.9. The lowest BCUT2D eigenvalue weighted by Crippen LogP contribution is -2.09. The minimum Gasteiger partial charge on any atom is -0.465 e. The fourth-order valence-corrected chi connectivity index (χ4v) is 2.47. The van der Waals surface area contributed by atoms with Crippen LogP contribution in [0.5, 0.6) is 0 Å². The minimum absolute atomic E-state index is 0.224. The smallest absolute Gasteiger partial charge is 0.338 e. The van der Waals surface area contributed by atoms with Crippen LogP contribution < -0.4 is 0 Å². The van der Waals surface area contributed by atoms with Gasteiger partial charge >= 0.3 is 5.97 Å². The predicted molar refractivity (Wildman–Crippen MR) is 87.7 cm³/mol. The van der Waals surface area contributed by atoms with Crippen molar-refractivity contribution in [2.45, 2.75) is 6.92 Å². The number of fused-ring (bicyclic) bond motifs is 1. The number of esters is 1. The molecule has 3 aromatic rings. The van der Waals surface area contributed by atoms with Gasteiger partial charge in [0.15, 0.2) is 0 Å². The summed E-state index contributed by atoms with van der Waals surface area (Å²) < 4.78 is 4.85. The van der Waals surface area contributed by atoms with E-state index in [-0.39, 0.29) is 11.5 Å². The molecule has 4 heteroatoms. The van der Waals surface area contributed by atoms with Crippen LogP contribution in [0.1, 0.15) is 32.0 Å². The van der Waals surface area contributed by atoms with Gasteiger partial charge in [-0.2, -0.15) is 0 Å². The van der Waals surface area contributed by atoms with Gasteiger partial charge in [0.1, 0.15) is 5.69 Å². The number of hydrogen-bond donors (Lipinski definition) is 0. The van der Waals surface area contributed by atoms with Gasteiger partial charge in [-0.1, -0.05) is 42.0 Å². The van der Waals surface area contributed by atoms with E-state index < -0.39 is 5.97 Å². The van der Waals surface area contributed by atoms with Gasteiger partial charge in [-0.15, -0.1) is 0 Å². The van der Waals surface area contributed by atoms with Crippen molar-refractivity contribution in [1.82, 2.24) is 4.98 Å². The summed E-state index contributed by atoms with van der Waals surface area (Å²) >= 11 is 0. The Bertz CT molecular complexity index is 901. The molecule has 4 nitrogen and oxygen atoms in total. The summed E-state index contributed by atoms with van der Waals surface area (Å²) in [4.78, 5) is 29.1. The van der Waals surface area contributed by atoms with Crippen LogP contribution in [0.3, 0.4) is 0 Å². The largest absolute Gasteiger partial charge is 0.465 e. The maximum Gasteiger partial charge on any atom is 0.338 e. The number of rotatable bonds is 3. The first kappa shape index (κ1) is 14.9. The van der Waals surface area contributed by atoms with E-state index >= 15 is 0 Å². The third-order valence-electron chi connectivity index (χ3n) is 3.64. The number of methoxy groups -OCH3 is 1. The first-order valence-corrected chi connectivity index (χ1v) is 7.19. The molecule has 0 fully saturated rings. The fourth-order valence-electron chi connectivity index (χ4n) is 2.47. The quantitative estimate of drug-likeness (QED) is 0.548. The van der Waals surface area contributed by atoms with E-state index in [1.54, 1.807) is 30.3 Å². The summed E-state index contributed by atoms with van der Waals surface area (Å²) in [5, 5.41) is 0.682. The fraction of sp³-hybridized carbons (Fsp3) is 0.105. The molecule has 0 aliphatic heterocycles. The number of ketones is 1. The van der Waals surface area contributed by atoms with E-state index in [1.807, 2.05) is 25.1 Å². The summed E-state index contributed by atoms with van der Waals surface area (Å²) in [6, 6.07) is 15.9. The van der Waals surface area contributed by atoms with Crippen molar-refractivity contribution in [3.63, 3.8) is 0 Å². The topological polar surface area (TPSA) is 56.3 Å². The highest BCUT2D eigenvalue weighted by Crippen LogP contribution is 2.22. The van der Waals surface area contributed by atoms with Gasteiger partial charge in [0.25, 0.3) is 0 Å². The number of carbonyl (C=O) groups excluding carboxylic acids is 2. The maximum absolute atomic E-state index is 12.6. The van der Waals surface area contributed by atoms with Crippen LogP contribution >= 0.6 is 0 Å². The first-order valence-electron chi connectivity index (χ1n) is 7.19. The second kappa shape index (κ2) is 6.01. The lowest BCUT2D eigenvalue weighted by Gasteiger charge is -2.08. The lowest BCUT2D eigenvalue weighted by atomic mass is 10.0. The van der Waals surface area contributed by atoms with Crippen LogP contribution in [0, 0.1) is 6.92 Å². The summed E-state index contributed by atoms with van der Waals surface area (Å²) in [7, 11) is 1.32. The summed E-state index contributed by atoms with van der Waals surface area (Å²) in [6.07, 6.45) is 0. The van der Waals surface area contributed by atoms with Gasteiger partial charge < -0.3 is 4.74 Å². The highest BCUT2D eigenvalue weighted by molar-refractivity contribution is 6.12. The average Bonchev–Trinajstić information content (AvgIpc) is 2.60. The second-order valence-corrected chi connectivity index (χ2v) is 5.26. The maximum atomic E-state index is 12.6. The van der Waals surface area contributed by atoms with Crippen molar-refractivity contribution in [3.05, 3.63) is 77.0 Å². The van der Waals surface area contributed by atoms with E-state index in [4.69, 9.17) is 4.74 Å². The van der Waals surface area contributed by atoms with Gasteiger partial charge in [0.05, 0.1) is 18.2 Å². The summed E-state index contributed by atoms with van der Waals surface area (Å²) in [5.41, 5.74) is 2.71. The molecule has 114 valence electrons. The molecular weight excluding hydrogens is 290 g/mol. The molecule has 0 N–H and O–H groups in total. The lowest BCUT2D eigenvalue weighted by molar-refractivity contribution is 0.0603. The molecule has 2 aromatic carbocycles. The zero-order chi connectivity index (χ0) is 16.4. The Kier molecular flexibility index (Phi) is 3.89. The van der Waals surface area contributed by atoms with E-state index in [0.29, 0.717) is 22.0 Å². The second-order valence-electron chi connectivity index (χ2n) is 5.26. The molecule has 0 amide bonds. The Morgan fingerprint density at radius 3 is 2.43 bits per heavy atom. The van der Waals surface area contributed by atoms with Crippen LogP contribution in [0.15, 0.2) is 54.6 Å². The predicted octanol–water partition coefficient (Wildman–Crippen LogP) is 3.56. The zero-order valence-corrected chi connectivity index (χ0v) is 12.9. The molecule has 0 aliphatic rings. The van der Waals surface area contributed by atoms with Crippen molar-refractivity contribution in [2.75, 3.05) is 7.11 Å². The van der Waals surface area contributed by atoms with Crippen LogP contribution in [-0.2, 0) is 4.74 Å². The number of aryl methyl sites for hydroxylation is 1. The highest BCUT2D eigenvalue weighted by atomic mass is 16.5. The molecule has 1 heterocycles. The Labute approximate surface area is 133 Å². The van der Waals surface area contributed by atoms with Gasteiger partial charge in [-0.3, -0.25) is 4.79 Å². The Balaban J connectivity index is 2.21. The molecule has 0 spiro atoms. The van der Waals surface area contributed by atoms with E-state index in [0.717, 1.165) is 5.56 Å². The SMILES string of the molecule is COC(=O)c1cc(C(=O)c2ccccc2)nc2ccc(C)cc12. The van der Waals surface area contributed by atoms with Gasteiger partial charge in [0.2, 0.25) is 5.78 Å². The van der Waals surface area contributed by atoms with E-state index in [9.17, 15) is 9.59 Å². The summed E-state index contributed by atoms with van der Waals surface area (Å²) in [5.74, 6) is -0.705. The van der Waals surface area contributed by atoms with Gasteiger partial charge in [-0.25, -0.2) is 9.78 Å². The molecule has 0 aliphatic carbocycles. The minimum atomic E-state index is -0.481. The summed E-state index contributed by atoms with van der Waals surface area (Å²) in [6.45, 7) is 1.93. The Morgan fingerprint density at radius 2 is 1.74 bits per heavy atom. The molecule has 0 saturated carbocycles. The average molecular weight is 305 g/mol. The number of ether oxygens (including phenoxy) is 1. The normalized spacial score (nSPS) is 10.5. The van der Waals surface area contributed by atoms with Crippen LogP contribution in [0.25, 0.3) is 10.9 Å². The molecular formula is C19H15NO3. The van der Waals surface area contributed by atoms with E-state index in [1.165, 1.54) is 13.2 Å². The van der Waals surface area contributed by atoms with Crippen LogP contribution in [-0.4, -0.2) is 23.8 Å². The van der Waals surface area contributed by atoms with Gasteiger partial charge in [0, 0.05) is 10.9 Å². The molecule has 3 rings (SSSR count). The number of carbonyl (C=O) groups is 2. The third kappa shape index (κ3) is 2.83. The van der Waals surface area contributed by atoms with Crippen molar-refractivity contribution in [2.24, 2.45) is 0 Å². The van der Waals surface area contributed by atoms with Crippen LogP contribution in [0.4, 0.5) is 0 Å². The van der Waals surface area contributed by atoms with Gasteiger partial charge in [-0.05, 0) is 25.1 Å². The molecule has 0 bridgehead atoms. The molecule has 0 saturated heterocycles. The number of hydrogen-bond acceptors (Lipinski definition) is 4. The molecule has 1 aromatic heterocycles. The molecule has 0 radical (unpaired) electrons. The van der Waals surface area contributed by atoms with Crippen molar-refractivity contribution in [1.29, 1.82) is 0 Å². The highest BCUT2D eigenvalue weighted by Gasteiger charge is 2.18. The standard InChI is InChI=1S/C19H15NO3/c1-12-8-9-16-14(10-12)15(19(22)23-2)11-17(20-16)18(21)13-6-4-3-5-7-13/h3-11H,1-2H3. The molecule has 23 heavy (non-hydrogen) atoms. The molecule has 0 atom stereocenters. The van der Waals surface area contributed by atoms with Crippen LogP contribution in [0.2, 0.25) is 0 Å². The Morgan fingerprint density at radius 1 is 1.00 bits per heavy atom.